The van der Waals surface area contributed by atoms with E-state index in [0.29, 0.717) is 6.54 Å². The van der Waals surface area contributed by atoms with Gasteiger partial charge >= 0.3 is 0 Å². The number of likely N-dealkylation sites (N-methyl/N-ethyl adjacent to an activating group) is 1. The number of hydrogen-bond donors (Lipinski definition) is 1. The van der Waals surface area contributed by atoms with Gasteiger partial charge in [-0.15, -0.1) is 0 Å². The Bertz CT molecular complexity index is 333. The van der Waals surface area contributed by atoms with Crippen LogP contribution in [0.2, 0.25) is 0 Å². The molecule has 0 aliphatic rings. The third-order valence-electron chi connectivity index (χ3n) is 2.89. The highest BCUT2D eigenvalue weighted by molar-refractivity contribution is 5.73. The number of benzene rings is 1. The summed E-state index contributed by atoms with van der Waals surface area (Å²) in [6.07, 6.45) is 0. The number of aliphatic carboxylic acids is 1. The van der Waals surface area contributed by atoms with E-state index in [9.17, 15) is 9.90 Å². The van der Waals surface area contributed by atoms with E-state index < -0.39 is 11.5 Å². The van der Waals surface area contributed by atoms with Crippen LogP contribution >= 0.6 is 0 Å². The topological polar surface area (TPSA) is 44.6 Å². The molecule has 0 bridgehead atoms. The highest BCUT2D eigenvalue weighted by atomic mass is 16.4. The minimum Gasteiger partial charge on any atom is -0.544 e. The first-order valence-electron chi connectivity index (χ1n) is 5.03. The van der Waals surface area contributed by atoms with Crippen molar-refractivity contribution in [1.82, 2.24) is 0 Å². The first-order chi connectivity index (χ1) is 6.94. The van der Waals surface area contributed by atoms with Crippen LogP contribution < -0.4 is 10.0 Å². The van der Waals surface area contributed by atoms with Gasteiger partial charge in [-0.1, -0.05) is 30.3 Å². The monoisotopic (exact) mass is 207 g/mol. The van der Waals surface area contributed by atoms with Crippen molar-refractivity contribution in [2.75, 3.05) is 7.05 Å². The van der Waals surface area contributed by atoms with Crippen LogP contribution in [0.5, 0.6) is 0 Å². The molecule has 1 rings (SSSR count). The summed E-state index contributed by atoms with van der Waals surface area (Å²) in [6, 6.07) is 9.84. The van der Waals surface area contributed by atoms with Gasteiger partial charge in [-0.2, -0.15) is 0 Å². The molecule has 0 radical (unpaired) electrons. The normalized spacial score (nSPS) is 13.5. The van der Waals surface area contributed by atoms with E-state index in [1.54, 1.807) is 13.8 Å². The van der Waals surface area contributed by atoms with E-state index in [-0.39, 0.29) is 0 Å². The average Bonchev–Trinajstić information content (AvgIpc) is 2.18. The van der Waals surface area contributed by atoms with Crippen LogP contribution in [0.1, 0.15) is 19.4 Å². The molecule has 0 aromatic heterocycles. The fourth-order valence-electron chi connectivity index (χ4n) is 1.30. The van der Waals surface area contributed by atoms with Crippen LogP contribution in [0.15, 0.2) is 30.3 Å². The van der Waals surface area contributed by atoms with Crippen molar-refractivity contribution < 1.29 is 14.8 Å². The Morgan fingerprint density at radius 2 is 1.87 bits per heavy atom. The van der Waals surface area contributed by atoms with Crippen LogP contribution in [0, 0.1) is 0 Å². The lowest BCUT2D eigenvalue weighted by Crippen LogP contribution is -3.17. The summed E-state index contributed by atoms with van der Waals surface area (Å²) >= 11 is 0. The van der Waals surface area contributed by atoms with Crippen LogP contribution in [0.4, 0.5) is 0 Å². The van der Waals surface area contributed by atoms with Crippen molar-refractivity contribution in [2.45, 2.75) is 25.9 Å². The first kappa shape index (κ1) is 11.7. The van der Waals surface area contributed by atoms with Crippen LogP contribution in [0.3, 0.4) is 0 Å². The lowest BCUT2D eigenvalue weighted by Gasteiger charge is -2.33. The summed E-state index contributed by atoms with van der Waals surface area (Å²) in [4.78, 5) is 11.8. The highest BCUT2D eigenvalue weighted by Gasteiger charge is 2.29. The number of nitrogens with one attached hydrogen (secondary N) is 1. The summed E-state index contributed by atoms with van der Waals surface area (Å²) in [5.74, 6) is -1.02. The Balaban J connectivity index is 2.72. The van der Waals surface area contributed by atoms with Crippen LogP contribution in [-0.4, -0.2) is 18.6 Å². The summed E-state index contributed by atoms with van der Waals surface area (Å²) in [5.41, 5.74) is 0.264. The molecular weight excluding hydrogens is 190 g/mol. The Labute approximate surface area is 90.3 Å². The summed E-state index contributed by atoms with van der Waals surface area (Å²) in [6.45, 7) is 4.04. The van der Waals surface area contributed by atoms with E-state index in [1.165, 1.54) is 0 Å². The minimum atomic E-state index is -1.02. The second kappa shape index (κ2) is 4.45. The van der Waals surface area contributed by atoms with Gasteiger partial charge in [0.15, 0.2) is 0 Å². The maximum Gasteiger partial charge on any atom is 0.132 e. The van der Waals surface area contributed by atoms with Crippen molar-refractivity contribution in [3.63, 3.8) is 0 Å². The largest absolute Gasteiger partial charge is 0.544 e. The van der Waals surface area contributed by atoms with Crippen molar-refractivity contribution in [3.8, 4) is 0 Å². The first-order valence-corrected chi connectivity index (χ1v) is 5.03. The molecule has 0 fully saturated rings. The fourth-order valence-corrected chi connectivity index (χ4v) is 1.30. The molecule has 0 aliphatic heterocycles. The van der Waals surface area contributed by atoms with Gasteiger partial charge in [0, 0.05) is 5.56 Å². The van der Waals surface area contributed by atoms with Crippen LogP contribution in [0.25, 0.3) is 0 Å². The number of hydrogen-bond acceptors (Lipinski definition) is 2. The molecule has 1 N–H and O–H groups in total. The molecule has 0 spiro atoms. The summed E-state index contributed by atoms with van der Waals surface area (Å²) in [5, 5.41) is 10.9. The second-order valence-electron chi connectivity index (χ2n) is 4.36. The van der Waals surface area contributed by atoms with Gasteiger partial charge < -0.3 is 14.8 Å². The Kier molecular flexibility index (Phi) is 3.48. The maximum atomic E-state index is 10.9. The predicted molar refractivity (Wildman–Crippen MR) is 56.1 cm³/mol. The van der Waals surface area contributed by atoms with Crippen molar-refractivity contribution in [3.05, 3.63) is 35.9 Å². The predicted octanol–water partition coefficient (Wildman–Crippen LogP) is -0.770. The molecule has 1 unspecified atom stereocenters. The van der Waals surface area contributed by atoms with Crippen molar-refractivity contribution in [2.24, 2.45) is 0 Å². The molecule has 0 aliphatic carbocycles. The molecule has 0 amide bonds. The van der Waals surface area contributed by atoms with Gasteiger partial charge in [0.05, 0.1) is 7.05 Å². The van der Waals surface area contributed by atoms with E-state index in [4.69, 9.17) is 0 Å². The van der Waals surface area contributed by atoms with Crippen LogP contribution in [-0.2, 0) is 11.3 Å². The molecule has 0 saturated carbocycles. The molecule has 1 aromatic rings. The molecule has 15 heavy (non-hydrogen) atoms. The van der Waals surface area contributed by atoms with E-state index in [0.717, 1.165) is 10.5 Å². The van der Waals surface area contributed by atoms with Gasteiger partial charge in [-0.05, 0) is 13.8 Å². The third-order valence-corrected chi connectivity index (χ3v) is 2.89. The quantitative estimate of drug-likeness (QED) is 0.704. The highest BCUT2D eigenvalue weighted by Crippen LogP contribution is 1.99. The third kappa shape index (κ3) is 2.80. The van der Waals surface area contributed by atoms with E-state index >= 15 is 0 Å². The summed E-state index contributed by atoms with van der Waals surface area (Å²) < 4.78 is 0. The fraction of sp³-hybridized carbons (Fsp3) is 0.417. The van der Waals surface area contributed by atoms with Gasteiger partial charge in [0.1, 0.15) is 18.1 Å². The zero-order chi connectivity index (χ0) is 11.5. The SMILES string of the molecule is C[NH+](Cc1ccccc1)C(C)(C)C(=O)[O-]. The minimum absolute atomic E-state index is 0.682. The van der Waals surface area contributed by atoms with Crippen molar-refractivity contribution in [1.29, 1.82) is 0 Å². The zero-order valence-electron chi connectivity index (χ0n) is 9.41. The maximum absolute atomic E-state index is 10.9. The van der Waals surface area contributed by atoms with Gasteiger partial charge in [-0.25, -0.2) is 0 Å². The number of quaternary nitrogens is 1. The van der Waals surface area contributed by atoms with Crippen molar-refractivity contribution >= 4 is 5.97 Å². The lowest BCUT2D eigenvalue weighted by atomic mass is 10.0. The molecule has 0 heterocycles. The molecular formula is C12H17NO2. The molecule has 1 aromatic carbocycles. The molecule has 1 atom stereocenters. The average molecular weight is 207 g/mol. The summed E-state index contributed by atoms with van der Waals surface area (Å²) in [7, 11) is 1.86. The van der Waals surface area contributed by atoms with E-state index in [2.05, 4.69) is 0 Å². The standard InChI is InChI=1S/C12H17NO2/c1-12(2,11(14)15)13(3)9-10-7-5-4-6-8-10/h4-8H,9H2,1-3H3,(H,14,15). The van der Waals surface area contributed by atoms with Gasteiger partial charge in [-0.3, -0.25) is 0 Å². The molecule has 3 heteroatoms. The van der Waals surface area contributed by atoms with E-state index in [1.807, 2.05) is 37.4 Å². The molecule has 3 nitrogen and oxygen atoms in total. The number of carboxylic acids is 1. The molecule has 0 saturated heterocycles. The Morgan fingerprint density at radius 1 is 1.33 bits per heavy atom. The smallest absolute Gasteiger partial charge is 0.132 e. The number of carboxylic acid groups (broad SMARTS) is 1. The lowest BCUT2D eigenvalue weighted by molar-refractivity contribution is -0.935. The van der Waals surface area contributed by atoms with Gasteiger partial charge in [0.25, 0.3) is 0 Å². The molecule has 82 valence electrons. The Morgan fingerprint density at radius 3 is 2.33 bits per heavy atom. The number of carbonyl (C=O) groups excluding carboxylic acids is 1. The number of rotatable bonds is 4. The number of carbonyl (C=O) groups is 1. The Hall–Kier alpha value is -1.35. The van der Waals surface area contributed by atoms with Gasteiger partial charge in [0.2, 0.25) is 0 Å². The second-order valence-corrected chi connectivity index (χ2v) is 4.36. The zero-order valence-corrected chi connectivity index (χ0v) is 9.41.